The second kappa shape index (κ2) is 3.19. The van der Waals surface area contributed by atoms with Crippen molar-refractivity contribution in [3.63, 3.8) is 0 Å². The Morgan fingerprint density at radius 3 is 2.40 bits per heavy atom. The number of aliphatic carboxylic acids is 1. The minimum absolute atomic E-state index is 0.00926. The molecule has 58 valence electrons. The van der Waals surface area contributed by atoms with Crippen LogP contribution in [0.4, 0.5) is 0 Å². The zero-order valence-corrected chi connectivity index (χ0v) is 8.22. The standard InChI is InChI=1S/C5H7Br2NO2/c6-2-1-8-4(3(2)7)5(9)10/h2-4,8H,1H2,(H,9,10)/t2-,3+,4+/m1/s1. The molecule has 0 aromatic heterocycles. The minimum atomic E-state index is -0.802. The summed E-state index contributed by atoms with van der Waals surface area (Å²) in [5.74, 6) is -0.802. The van der Waals surface area contributed by atoms with Gasteiger partial charge in [0.05, 0.1) is 4.83 Å². The van der Waals surface area contributed by atoms with E-state index in [2.05, 4.69) is 37.2 Å². The lowest BCUT2D eigenvalue weighted by Gasteiger charge is -2.08. The zero-order valence-electron chi connectivity index (χ0n) is 5.05. The van der Waals surface area contributed by atoms with E-state index in [4.69, 9.17) is 5.11 Å². The third-order valence-electron chi connectivity index (χ3n) is 1.46. The molecule has 1 heterocycles. The third-order valence-corrected chi connectivity index (χ3v) is 4.23. The molecule has 1 aliphatic rings. The number of alkyl halides is 2. The number of carboxylic acid groups (broad SMARTS) is 1. The lowest BCUT2D eigenvalue weighted by molar-refractivity contribution is -0.138. The average molecular weight is 273 g/mol. The number of hydrogen-bond donors (Lipinski definition) is 2. The molecule has 0 aromatic carbocycles. The summed E-state index contributed by atoms with van der Waals surface area (Å²) in [6.07, 6.45) is 0. The largest absolute Gasteiger partial charge is 0.480 e. The van der Waals surface area contributed by atoms with E-state index in [9.17, 15) is 4.79 Å². The van der Waals surface area contributed by atoms with Crippen LogP contribution in [-0.4, -0.2) is 33.3 Å². The minimum Gasteiger partial charge on any atom is -0.480 e. The van der Waals surface area contributed by atoms with Crippen molar-refractivity contribution in [2.45, 2.75) is 15.7 Å². The Hall–Kier alpha value is 0.390. The maximum Gasteiger partial charge on any atom is 0.321 e. The van der Waals surface area contributed by atoms with Gasteiger partial charge in [0.25, 0.3) is 0 Å². The molecule has 0 amide bonds. The Labute approximate surface area is 75.4 Å². The predicted molar refractivity (Wildman–Crippen MR) is 44.9 cm³/mol. The zero-order chi connectivity index (χ0) is 7.72. The Kier molecular flexibility index (Phi) is 2.71. The molecule has 3 atom stereocenters. The Morgan fingerprint density at radius 2 is 2.20 bits per heavy atom. The number of nitrogens with one attached hydrogen (secondary N) is 1. The van der Waals surface area contributed by atoms with Crippen molar-refractivity contribution < 1.29 is 9.90 Å². The highest BCUT2D eigenvalue weighted by Gasteiger charge is 2.36. The van der Waals surface area contributed by atoms with E-state index in [1.165, 1.54) is 0 Å². The Balaban J connectivity index is 2.57. The van der Waals surface area contributed by atoms with E-state index < -0.39 is 12.0 Å². The molecule has 0 saturated carbocycles. The fraction of sp³-hybridized carbons (Fsp3) is 0.800. The molecule has 5 heteroatoms. The highest BCUT2D eigenvalue weighted by molar-refractivity contribution is 9.12. The fourth-order valence-electron chi connectivity index (χ4n) is 0.897. The topological polar surface area (TPSA) is 49.3 Å². The van der Waals surface area contributed by atoms with Gasteiger partial charge >= 0.3 is 5.97 Å². The summed E-state index contributed by atoms with van der Waals surface area (Å²) in [6, 6.07) is -0.454. The molecule has 3 nitrogen and oxygen atoms in total. The van der Waals surface area contributed by atoms with Gasteiger partial charge in [-0.05, 0) is 0 Å². The highest BCUT2D eigenvalue weighted by Crippen LogP contribution is 2.22. The molecule has 1 fully saturated rings. The van der Waals surface area contributed by atoms with Crippen LogP contribution in [0.3, 0.4) is 0 Å². The van der Waals surface area contributed by atoms with E-state index >= 15 is 0 Å². The summed E-state index contributed by atoms with van der Waals surface area (Å²) in [5, 5.41) is 11.5. The van der Waals surface area contributed by atoms with Gasteiger partial charge in [-0.15, -0.1) is 0 Å². The number of hydrogen-bond acceptors (Lipinski definition) is 2. The molecule has 0 spiro atoms. The maximum absolute atomic E-state index is 10.4. The highest BCUT2D eigenvalue weighted by atomic mass is 79.9. The van der Waals surface area contributed by atoms with E-state index in [0.717, 1.165) is 0 Å². The fourth-order valence-corrected chi connectivity index (χ4v) is 1.99. The SMILES string of the molecule is O=C(O)[C@H]1NC[C@@H](Br)[C@@H]1Br. The second-order valence-corrected chi connectivity index (χ2v) is 4.42. The summed E-state index contributed by atoms with van der Waals surface area (Å²) in [5.41, 5.74) is 0. The van der Waals surface area contributed by atoms with Crippen LogP contribution in [0.15, 0.2) is 0 Å². The van der Waals surface area contributed by atoms with Gasteiger partial charge < -0.3 is 10.4 Å². The number of rotatable bonds is 1. The average Bonchev–Trinajstić information content (AvgIpc) is 2.14. The quantitative estimate of drug-likeness (QED) is 0.687. The first-order valence-corrected chi connectivity index (χ1v) is 4.70. The Bertz CT molecular complexity index is 153. The molecule has 0 unspecified atom stereocenters. The van der Waals surface area contributed by atoms with Crippen LogP contribution in [0.2, 0.25) is 0 Å². The van der Waals surface area contributed by atoms with Gasteiger partial charge in [0.1, 0.15) is 6.04 Å². The van der Waals surface area contributed by atoms with Crippen molar-refractivity contribution in [2.24, 2.45) is 0 Å². The van der Waals surface area contributed by atoms with Gasteiger partial charge in [0.15, 0.2) is 0 Å². The molecule has 0 aliphatic carbocycles. The molecule has 0 bridgehead atoms. The number of carboxylic acids is 1. The summed E-state index contributed by atoms with van der Waals surface area (Å²) in [7, 11) is 0. The first-order valence-electron chi connectivity index (χ1n) is 2.87. The molecule has 0 aromatic rings. The van der Waals surface area contributed by atoms with Crippen LogP contribution in [0.5, 0.6) is 0 Å². The number of carbonyl (C=O) groups is 1. The van der Waals surface area contributed by atoms with Crippen LogP contribution in [0.25, 0.3) is 0 Å². The van der Waals surface area contributed by atoms with E-state index in [-0.39, 0.29) is 9.65 Å². The molecular weight excluding hydrogens is 266 g/mol. The molecular formula is C5H7Br2NO2. The van der Waals surface area contributed by atoms with Crippen LogP contribution in [-0.2, 0) is 4.79 Å². The smallest absolute Gasteiger partial charge is 0.321 e. The first kappa shape index (κ1) is 8.49. The van der Waals surface area contributed by atoms with Gasteiger partial charge in [-0.25, -0.2) is 0 Å². The monoisotopic (exact) mass is 271 g/mol. The first-order chi connectivity index (χ1) is 4.63. The van der Waals surface area contributed by atoms with Crippen molar-refractivity contribution in [3.8, 4) is 0 Å². The summed E-state index contributed by atoms with van der Waals surface area (Å²) < 4.78 is 0. The van der Waals surface area contributed by atoms with E-state index in [0.29, 0.717) is 6.54 Å². The van der Waals surface area contributed by atoms with E-state index in [1.54, 1.807) is 0 Å². The summed E-state index contributed by atoms with van der Waals surface area (Å²) in [6.45, 7) is 0.701. The van der Waals surface area contributed by atoms with Gasteiger partial charge in [-0.1, -0.05) is 31.9 Å². The van der Waals surface area contributed by atoms with Crippen LogP contribution in [0.1, 0.15) is 0 Å². The molecule has 2 N–H and O–H groups in total. The molecule has 1 saturated heterocycles. The van der Waals surface area contributed by atoms with Crippen LogP contribution >= 0.6 is 31.9 Å². The lowest BCUT2D eigenvalue weighted by atomic mass is 10.2. The predicted octanol–water partition coefficient (Wildman–Crippen LogP) is 0.570. The van der Waals surface area contributed by atoms with Crippen molar-refractivity contribution in [3.05, 3.63) is 0 Å². The van der Waals surface area contributed by atoms with Gasteiger partial charge in [-0.3, -0.25) is 4.79 Å². The van der Waals surface area contributed by atoms with Crippen molar-refractivity contribution >= 4 is 37.8 Å². The Morgan fingerprint density at radius 1 is 1.60 bits per heavy atom. The van der Waals surface area contributed by atoms with Gasteiger partial charge in [0, 0.05) is 11.4 Å². The van der Waals surface area contributed by atoms with E-state index in [1.807, 2.05) is 0 Å². The molecule has 1 rings (SSSR count). The van der Waals surface area contributed by atoms with Crippen LogP contribution < -0.4 is 5.32 Å². The summed E-state index contributed by atoms with van der Waals surface area (Å²) in [4.78, 5) is 10.7. The summed E-state index contributed by atoms with van der Waals surface area (Å²) >= 11 is 6.62. The normalized spacial score (nSPS) is 40.0. The van der Waals surface area contributed by atoms with Gasteiger partial charge in [-0.2, -0.15) is 0 Å². The lowest BCUT2D eigenvalue weighted by Crippen LogP contribution is -2.36. The molecule has 1 aliphatic heterocycles. The molecule has 10 heavy (non-hydrogen) atoms. The van der Waals surface area contributed by atoms with Gasteiger partial charge in [0.2, 0.25) is 0 Å². The second-order valence-electron chi connectivity index (χ2n) is 2.18. The van der Waals surface area contributed by atoms with Crippen molar-refractivity contribution in [1.82, 2.24) is 5.32 Å². The molecule has 0 radical (unpaired) electrons. The van der Waals surface area contributed by atoms with Crippen molar-refractivity contribution in [1.29, 1.82) is 0 Å². The number of halogens is 2. The van der Waals surface area contributed by atoms with Crippen molar-refractivity contribution in [2.75, 3.05) is 6.54 Å². The van der Waals surface area contributed by atoms with Crippen LogP contribution in [0, 0.1) is 0 Å². The third kappa shape index (κ3) is 1.52. The maximum atomic E-state index is 10.4.